The third-order valence-corrected chi connectivity index (χ3v) is 2.01. The molecular formula is C10H16N2O. The van der Waals surface area contributed by atoms with Crippen LogP contribution in [0.3, 0.4) is 0 Å². The van der Waals surface area contributed by atoms with Crippen LogP contribution in [0.5, 0.6) is 5.75 Å². The molecule has 0 aliphatic carbocycles. The fourth-order valence-corrected chi connectivity index (χ4v) is 1.02. The molecule has 0 fully saturated rings. The van der Waals surface area contributed by atoms with E-state index in [1.807, 2.05) is 26.0 Å². The summed E-state index contributed by atoms with van der Waals surface area (Å²) in [4.78, 5) is 0. The number of phenols is 1. The summed E-state index contributed by atoms with van der Waals surface area (Å²) in [5, 5.41) is 11.1. The van der Waals surface area contributed by atoms with Crippen molar-refractivity contribution in [1.82, 2.24) is 5.01 Å². The van der Waals surface area contributed by atoms with Crippen LogP contribution < -0.4 is 5.84 Å². The second-order valence-corrected chi connectivity index (χ2v) is 3.39. The third kappa shape index (κ3) is 2.72. The summed E-state index contributed by atoms with van der Waals surface area (Å²) in [6.45, 7) is 4.60. The van der Waals surface area contributed by atoms with Crippen LogP contribution in [0, 0.1) is 0 Å². The van der Waals surface area contributed by atoms with Crippen molar-refractivity contribution >= 4 is 0 Å². The van der Waals surface area contributed by atoms with E-state index in [0.717, 1.165) is 5.56 Å². The van der Waals surface area contributed by atoms with Gasteiger partial charge in [0.1, 0.15) is 5.75 Å². The van der Waals surface area contributed by atoms with Crippen molar-refractivity contribution in [3.05, 3.63) is 29.8 Å². The first-order valence-corrected chi connectivity index (χ1v) is 4.39. The Hall–Kier alpha value is -1.06. The smallest absolute Gasteiger partial charge is 0.120 e. The summed E-state index contributed by atoms with van der Waals surface area (Å²) >= 11 is 0. The average Bonchev–Trinajstić information content (AvgIpc) is 2.08. The molecule has 0 aliphatic rings. The first-order valence-electron chi connectivity index (χ1n) is 4.39. The van der Waals surface area contributed by atoms with E-state index in [9.17, 15) is 5.11 Å². The fraction of sp³-hybridized carbons (Fsp3) is 0.400. The van der Waals surface area contributed by atoms with Crippen LogP contribution in [-0.2, 0) is 6.54 Å². The number of hydrogen-bond donors (Lipinski definition) is 2. The van der Waals surface area contributed by atoms with E-state index >= 15 is 0 Å². The Morgan fingerprint density at radius 1 is 1.38 bits per heavy atom. The molecular weight excluding hydrogens is 164 g/mol. The Morgan fingerprint density at radius 3 is 2.54 bits per heavy atom. The topological polar surface area (TPSA) is 49.5 Å². The van der Waals surface area contributed by atoms with Gasteiger partial charge in [-0.05, 0) is 19.9 Å². The van der Waals surface area contributed by atoms with Gasteiger partial charge in [0.2, 0.25) is 0 Å². The summed E-state index contributed by atoms with van der Waals surface area (Å²) in [6, 6.07) is 7.51. The molecule has 0 atom stereocenters. The number of para-hydroxylation sites is 1. The van der Waals surface area contributed by atoms with Crippen LogP contribution in [0.15, 0.2) is 24.3 Å². The minimum atomic E-state index is 0.277. The number of benzene rings is 1. The maximum atomic E-state index is 9.46. The van der Waals surface area contributed by atoms with E-state index in [2.05, 4.69) is 0 Å². The molecule has 0 aliphatic heterocycles. The Kier molecular flexibility index (Phi) is 3.28. The minimum Gasteiger partial charge on any atom is -0.508 e. The number of nitrogens with two attached hydrogens (primary N) is 1. The number of aromatic hydroxyl groups is 1. The van der Waals surface area contributed by atoms with E-state index in [4.69, 9.17) is 5.84 Å². The standard InChI is InChI=1S/C10H16N2O/c1-8(2)12(11)7-9-5-3-4-6-10(9)13/h3-6,8,13H,7,11H2,1-2H3. The van der Waals surface area contributed by atoms with Gasteiger partial charge in [0.25, 0.3) is 0 Å². The van der Waals surface area contributed by atoms with Gasteiger partial charge in [-0.1, -0.05) is 18.2 Å². The second kappa shape index (κ2) is 4.25. The SMILES string of the molecule is CC(C)N(N)Cc1ccccc1O. The zero-order valence-corrected chi connectivity index (χ0v) is 8.07. The minimum absolute atomic E-state index is 0.277. The normalized spacial score (nSPS) is 11.2. The molecule has 0 aromatic heterocycles. The van der Waals surface area contributed by atoms with Gasteiger partial charge in [0.05, 0.1) is 0 Å². The van der Waals surface area contributed by atoms with Gasteiger partial charge in [-0.3, -0.25) is 5.84 Å². The quantitative estimate of drug-likeness (QED) is 0.547. The highest BCUT2D eigenvalue weighted by Gasteiger charge is 2.06. The number of phenolic OH excluding ortho intramolecular Hbond substituents is 1. The monoisotopic (exact) mass is 180 g/mol. The molecule has 0 unspecified atom stereocenters. The predicted molar refractivity (Wildman–Crippen MR) is 53.0 cm³/mol. The summed E-state index contributed by atoms with van der Waals surface area (Å²) in [6.07, 6.45) is 0. The van der Waals surface area contributed by atoms with E-state index in [-0.39, 0.29) is 6.04 Å². The maximum absolute atomic E-state index is 9.46. The van der Waals surface area contributed by atoms with Gasteiger partial charge in [-0.15, -0.1) is 0 Å². The van der Waals surface area contributed by atoms with Crippen LogP contribution in [0.1, 0.15) is 19.4 Å². The first kappa shape index (κ1) is 10.0. The Balaban J connectivity index is 2.69. The Bertz CT molecular complexity index is 273. The van der Waals surface area contributed by atoms with Crippen molar-refractivity contribution in [2.75, 3.05) is 0 Å². The molecule has 72 valence electrons. The van der Waals surface area contributed by atoms with Crippen molar-refractivity contribution in [3.63, 3.8) is 0 Å². The van der Waals surface area contributed by atoms with Crippen molar-refractivity contribution in [2.24, 2.45) is 5.84 Å². The molecule has 1 aromatic carbocycles. The average molecular weight is 180 g/mol. The van der Waals surface area contributed by atoms with Gasteiger partial charge in [-0.2, -0.15) is 0 Å². The zero-order chi connectivity index (χ0) is 9.84. The van der Waals surface area contributed by atoms with Gasteiger partial charge in [0.15, 0.2) is 0 Å². The zero-order valence-electron chi connectivity index (χ0n) is 8.07. The lowest BCUT2D eigenvalue weighted by atomic mass is 10.2. The largest absolute Gasteiger partial charge is 0.508 e. The molecule has 1 aromatic rings. The predicted octanol–water partition coefficient (Wildman–Crippen LogP) is 1.48. The van der Waals surface area contributed by atoms with Gasteiger partial charge < -0.3 is 5.11 Å². The molecule has 3 heteroatoms. The molecule has 0 spiro atoms. The van der Waals surface area contributed by atoms with Crippen LogP contribution in [-0.4, -0.2) is 16.2 Å². The van der Waals surface area contributed by atoms with Crippen LogP contribution >= 0.6 is 0 Å². The summed E-state index contributed by atoms with van der Waals surface area (Å²) in [5.74, 6) is 6.04. The van der Waals surface area contributed by atoms with Gasteiger partial charge >= 0.3 is 0 Å². The lowest BCUT2D eigenvalue weighted by Crippen LogP contribution is -2.36. The second-order valence-electron chi connectivity index (χ2n) is 3.39. The third-order valence-electron chi connectivity index (χ3n) is 2.01. The lowest BCUT2D eigenvalue weighted by Gasteiger charge is -2.20. The van der Waals surface area contributed by atoms with Crippen molar-refractivity contribution in [1.29, 1.82) is 0 Å². The van der Waals surface area contributed by atoms with Crippen LogP contribution in [0.2, 0.25) is 0 Å². The highest BCUT2D eigenvalue weighted by Crippen LogP contribution is 2.17. The summed E-state index contributed by atoms with van der Waals surface area (Å²) in [7, 11) is 0. The molecule has 0 heterocycles. The molecule has 3 N–H and O–H groups in total. The van der Waals surface area contributed by atoms with E-state index in [0.29, 0.717) is 12.3 Å². The van der Waals surface area contributed by atoms with Crippen molar-refractivity contribution in [2.45, 2.75) is 26.4 Å². The Labute approximate surface area is 78.8 Å². The number of hydrogen-bond acceptors (Lipinski definition) is 3. The van der Waals surface area contributed by atoms with Crippen molar-refractivity contribution < 1.29 is 5.11 Å². The van der Waals surface area contributed by atoms with E-state index in [1.54, 1.807) is 17.1 Å². The number of nitrogens with zero attached hydrogens (tertiary/aromatic N) is 1. The van der Waals surface area contributed by atoms with Crippen molar-refractivity contribution in [3.8, 4) is 5.75 Å². The fourth-order valence-electron chi connectivity index (χ4n) is 1.02. The molecule has 0 amide bonds. The van der Waals surface area contributed by atoms with E-state index in [1.165, 1.54) is 0 Å². The number of rotatable bonds is 3. The highest BCUT2D eigenvalue weighted by atomic mass is 16.3. The van der Waals surface area contributed by atoms with Crippen LogP contribution in [0.25, 0.3) is 0 Å². The molecule has 0 saturated heterocycles. The molecule has 13 heavy (non-hydrogen) atoms. The first-order chi connectivity index (χ1) is 6.11. The van der Waals surface area contributed by atoms with Gasteiger partial charge in [-0.25, -0.2) is 5.01 Å². The highest BCUT2D eigenvalue weighted by molar-refractivity contribution is 5.31. The molecule has 3 nitrogen and oxygen atoms in total. The lowest BCUT2D eigenvalue weighted by molar-refractivity contribution is 0.216. The van der Waals surface area contributed by atoms with E-state index < -0.39 is 0 Å². The molecule has 0 bridgehead atoms. The summed E-state index contributed by atoms with van der Waals surface area (Å²) < 4.78 is 0. The van der Waals surface area contributed by atoms with Crippen LogP contribution in [0.4, 0.5) is 0 Å². The maximum Gasteiger partial charge on any atom is 0.120 e. The number of hydrazine groups is 1. The Morgan fingerprint density at radius 2 is 2.00 bits per heavy atom. The summed E-state index contributed by atoms with van der Waals surface area (Å²) in [5.41, 5.74) is 0.860. The van der Waals surface area contributed by atoms with Gasteiger partial charge in [0, 0.05) is 18.2 Å². The molecule has 0 radical (unpaired) electrons. The molecule has 0 saturated carbocycles. The molecule has 1 rings (SSSR count).